The van der Waals surface area contributed by atoms with Crippen molar-refractivity contribution in [2.24, 2.45) is 0 Å². The molecule has 0 saturated carbocycles. The molecule has 1 aromatic heterocycles. The van der Waals surface area contributed by atoms with E-state index >= 15 is 0 Å². The Morgan fingerprint density at radius 3 is 2.57 bits per heavy atom. The topological polar surface area (TPSA) is 94.8 Å². The van der Waals surface area contributed by atoms with Crippen LogP contribution in [0.15, 0.2) is 69.9 Å². The van der Waals surface area contributed by atoms with Gasteiger partial charge >= 0.3 is 11.6 Å². The Hall–Kier alpha value is -3.61. The van der Waals surface area contributed by atoms with Crippen molar-refractivity contribution < 1.29 is 23.5 Å². The molecule has 7 nitrogen and oxygen atoms in total. The number of benzene rings is 2. The predicted octanol–water partition coefficient (Wildman–Crippen LogP) is 2.07. The number of methoxy groups -OCH3 is 1. The highest BCUT2D eigenvalue weighted by Gasteiger charge is 2.22. The summed E-state index contributed by atoms with van der Waals surface area (Å²) in [6.07, 6.45) is 0.306. The van der Waals surface area contributed by atoms with E-state index in [0.717, 1.165) is 10.9 Å². The van der Waals surface area contributed by atoms with Gasteiger partial charge in [0.15, 0.2) is 6.61 Å². The lowest BCUT2D eigenvalue weighted by Gasteiger charge is -2.17. The number of fused-ring (bicyclic) bond motifs is 1. The molecule has 0 saturated heterocycles. The first kappa shape index (κ1) is 19.2. The average Bonchev–Trinajstić information content (AvgIpc) is 2.71. The van der Waals surface area contributed by atoms with Crippen LogP contribution in [-0.4, -0.2) is 31.6 Å². The van der Waals surface area contributed by atoms with Crippen LogP contribution in [-0.2, 0) is 20.7 Å². The Labute approximate surface area is 160 Å². The first-order chi connectivity index (χ1) is 13.5. The first-order valence-corrected chi connectivity index (χ1v) is 8.63. The molecule has 2 aromatic carbocycles. The van der Waals surface area contributed by atoms with Crippen LogP contribution >= 0.6 is 0 Å². The highest BCUT2D eigenvalue weighted by atomic mass is 16.5. The molecule has 0 unspecified atom stereocenters. The number of hydrogen-bond acceptors (Lipinski definition) is 6. The maximum atomic E-state index is 12.2. The van der Waals surface area contributed by atoms with E-state index in [4.69, 9.17) is 13.9 Å². The summed E-state index contributed by atoms with van der Waals surface area (Å²) in [4.78, 5) is 35.5. The Kier molecular flexibility index (Phi) is 6.06. The van der Waals surface area contributed by atoms with Crippen LogP contribution in [0.1, 0.15) is 5.56 Å². The van der Waals surface area contributed by atoms with Crippen molar-refractivity contribution in [1.29, 1.82) is 0 Å². The number of carbonyl (C=O) groups is 2. The van der Waals surface area contributed by atoms with E-state index in [1.165, 1.54) is 19.2 Å². The third-order valence-corrected chi connectivity index (χ3v) is 4.07. The van der Waals surface area contributed by atoms with Crippen molar-refractivity contribution in [2.45, 2.75) is 12.5 Å². The van der Waals surface area contributed by atoms with Gasteiger partial charge in [-0.1, -0.05) is 30.3 Å². The second-order valence-electron chi connectivity index (χ2n) is 6.08. The largest absolute Gasteiger partial charge is 0.484 e. The van der Waals surface area contributed by atoms with Crippen LogP contribution < -0.4 is 15.7 Å². The number of hydrogen-bond donors (Lipinski definition) is 1. The highest BCUT2D eigenvalue weighted by Crippen LogP contribution is 2.19. The molecule has 1 amide bonds. The molecule has 0 spiro atoms. The molecule has 0 radical (unpaired) electrons. The molecule has 3 aromatic rings. The number of ether oxygens (including phenoxy) is 2. The molecule has 1 N–H and O–H groups in total. The maximum Gasteiger partial charge on any atom is 0.336 e. The number of amides is 1. The third kappa shape index (κ3) is 4.97. The smallest absolute Gasteiger partial charge is 0.336 e. The van der Waals surface area contributed by atoms with Gasteiger partial charge in [-0.2, -0.15) is 0 Å². The summed E-state index contributed by atoms with van der Waals surface area (Å²) < 4.78 is 15.3. The van der Waals surface area contributed by atoms with Gasteiger partial charge in [-0.3, -0.25) is 4.79 Å². The van der Waals surface area contributed by atoms with Gasteiger partial charge in [0.1, 0.15) is 17.4 Å². The van der Waals surface area contributed by atoms with Crippen molar-refractivity contribution in [1.82, 2.24) is 5.32 Å². The maximum absolute atomic E-state index is 12.2. The van der Waals surface area contributed by atoms with Crippen molar-refractivity contribution in [3.8, 4) is 5.75 Å². The molecule has 1 atom stereocenters. The van der Waals surface area contributed by atoms with E-state index in [1.807, 2.05) is 30.3 Å². The zero-order valence-corrected chi connectivity index (χ0v) is 15.2. The minimum Gasteiger partial charge on any atom is -0.484 e. The van der Waals surface area contributed by atoms with Crippen LogP contribution in [0.5, 0.6) is 5.75 Å². The van der Waals surface area contributed by atoms with E-state index in [0.29, 0.717) is 17.8 Å². The highest BCUT2D eigenvalue weighted by molar-refractivity contribution is 5.85. The molecular formula is C21H19NO6. The molecule has 0 fully saturated rings. The Balaban J connectivity index is 1.62. The number of carbonyl (C=O) groups excluding carboxylic acids is 2. The summed E-state index contributed by atoms with van der Waals surface area (Å²) in [5.74, 6) is -0.639. The number of rotatable bonds is 7. The fraction of sp³-hybridized carbons (Fsp3) is 0.190. The lowest BCUT2D eigenvalue weighted by Crippen LogP contribution is -2.44. The van der Waals surface area contributed by atoms with Crippen molar-refractivity contribution in [2.75, 3.05) is 13.7 Å². The molecule has 7 heteroatoms. The van der Waals surface area contributed by atoms with E-state index in [9.17, 15) is 14.4 Å². The van der Waals surface area contributed by atoms with Crippen LogP contribution in [0.25, 0.3) is 11.0 Å². The Morgan fingerprint density at radius 2 is 1.82 bits per heavy atom. The van der Waals surface area contributed by atoms with Crippen LogP contribution in [0.4, 0.5) is 0 Å². The Bertz CT molecular complexity index is 1030. The van der Waals surface area contributed by atoms with Crippen molar-refractivity contribution in [3.05, 3.63) is 76.6 Å². The SMILES string of the molecule is COC(=O)[C@@H](Cc1ccccc1)NC(=O)COc1ccc2ccc(=O)oc2c1. The zero-order chi connectivity index (χ0) is 19.9. The second-order valence-corrected chi connectivity index (χ2v) is 6.08. The molecule has 28 heavy (non-hydrogen) atoms. The molecule has 0 aliphatic heterocycles. The zero-order valence-electron chi connectivity index (χ0n) is 15.2. The molecule has 3 rings (SSSR count). The van der Waals surface area contributed by atoms with Crippen LogP contribution in [0.3, 0.4) is 0 Å². The van der Waals surface area contributed by atoms with E-state index in [-0.39, 0.29) is 6.61 Å². The first-order valence-electron chi connectivity index (χ1n) is 8.63. The Morgan fingerprint density at radius 1 is 1.07 bits per heavy atom. The van der Waals surface area contributed by atoms with Gasteiger partial charge in [-0.15, -0.1) is 0 Å². The quantitative estimate of drug-likeness (QED) is 0.497. The van der Waals surface area contributed by atoms with E-state index in [1.54, 1.807) is 18.2 Å². The van der Waals surface area contributed by atoms with Gasteiger partial charge in [0.05, 0.1) is 7.11 Å². The average molecular weight is 381 g/mol. The second kappa shape index (κ2) is 8.85. The predicted molar refractivity (Wildman–Crippen MR) is 102 cm³/mol. The summed E-state index contributed by atoms with van der Waals surface area (Å²) in [7, 11) is 1.27. The fourth-order valence-electron chi connectivity index (χ4n) is 2.70. The molecule has 1 heterocycles. The number of nitrogens with one attached hydrogen (secondary N) is 1. The number of esters is 1. The van der Waals surface area contributed by atoms with Crippen molar-refractivity contribution in [3.63, 3.8) is 0 Å². The summed E-state index contributed by atoms with van der Waals surface area (Å²) >= 11 is 0. The molecule has 0 bridgehead atoms. The normalized spacial score (nSPS) is 11.6. The minimum absolute atomic E-state index is 0.301. The van der Waals surface area contributed by atoms with Gasteiger partial charge in [0.2, 0.25) is 0 Å². The fourth-order valence-corrected chi connectivity index (χ4v) is 2.70. The standard InChI is InChI=1S/C21H19NO6/c1-26-21(25)17(11-14-5-3-2-4-6-14)22-19(23)13-27-16-9-7-15-8-10-20(24)28-18(15)12-16/h2-10,12,17H,11,13H2,1H3,(H,22,23)/t17-/m1/s1. The third-order valence-electron chi connectivity index (χ3n) is 4.07. The summed E-state index contributed by atoms with van der Waals surface area (Å²) in [5, 5.41) is 3.36. The molecule has 0 aliphatic rings. The molecule has 0 aliphatic carbocycles. The van der Waals surface area contributed by atoms with Gasteiger partial charge in [-0.25, -0.2) is 9.59 Å². The van der Waals surface area contributed by atoms with Crippen LogP contribution in [0.2, 0.25) is 0 Å². The monoisotopic (exact) mass is 381 g/mol. The molecular weight excluding hydrogens is 362 g/mol. The molecule has 144 valence electrons. The lowest BCUT2D eigenvalue weighted by molar-refractivity contribution is -0.145. The van der Waals surface area contributed by atoms with Crippen molar-refractivity contribution >= 4 is 22.8 Å². The van der Waals surface area contributed by atoms with Gasteiger partial charge in [-0.05, 0) is 23.8 Å². The van der Waals surface area contributed by atoms with E-state index < -0.39 is 23.5 Å². The van der Waals surface area contributed by atoms with Gasteiger partial charge in [0, 0.05) is 23.9 Å². The minimum atomic E-state index is -0.821. The van der Waals surface area contributed by atoms with Gasteiger partial charge in [0.25, 0.3) is 5.91 Å². The van der Waals surface area contributed by atoms with Gasteiger partial charge < -0.3 is 19.2 Å². The summed E-state index contributed by atoms with van der Waals surface area (Å²) in [6.45, 7) is -0.301. The van der Waals surface area contributed by atoms with E-state index in [2.05, 4.69) is 5.32 Å². The summed E-state index contributed by atoms with van der Waals surface area (Å²) in [5.41, 5.74) is 0.787. The lowest BCUT2D eigenvalue weighted by atomic mass is 10.1. The summed E-state index contributed by atoms with van der Waals surface area (Å²) in [6, 6.07) is 16.4. The van der Waals surface area contributed by atoms with Crippen LogP contribution in [0, 0.1) is 0 Å².